The van der Waals surface area contributed by atoms with E-state index in [-0.39, 0.29) is 31.5 Å². The maximum absolute atomic E-state index is 12.6. The Kier molecular flexibility index (Phi) is 9.16. The van der Waals surface area contributed by atoms with Gasteiger partial charge in [0.15, 0.2) is 8.32 Å². The van der Waals surface area contributed by atoms with E-state index in [9.17, 15) is 9.59 Å². The Bertz CT molecular complexity index is 396. The zero-order chi connectivity index (χ0) is 19.0. The number of hydrogen-bond donors (Lipinski definition) is 0. The molecule has 0 aromatic carbocycles. The second-order valence-corrected chi connectivity index (χ2v) is 12.0. The number of hydrogen-bond acceptors (Lipinski definition) is 6. The van der Waals surface area contributed by atoms with Crippen LogP contribution < -0.4 is 0 Å². The largest absolute Gasteiger partial charge is 0.465 e. The van der Waals surface area contributed by atoms with Crippen molar-refractivity contribution in [3.63, 3.8) is 0 Å². The summed E-state index contributed by atoms with van der Waals surface area (Å²) in [6.07, 6.45) is 0. The van der Waals surface area contributed by atoms with Crippen molar-refractivity contribution in [2.24, 2.45) is 5.41 Å². The third-order valence-corrected chi connectivity index (χ3v) is 8.85. The molecule has 0 aromatic rings. The number of carbonyl (C=O) groups excluding carboxylic acids is 2. The molecule has 6 nitrogen and oxygen atoms in total. The molecule has 0 bridgehead atoms. The number of esters is 2. The smallest absolute Gasteiger partial charge is 0.328 e. The summed E-state index contributed by atoms with van der Waals surface area (Å²) in [5.41, 5.74) is -1.59. The van der Waals surface area contributed by atoms with Crippen LogP contribution in [0, 0.1) is 5.41 Å². The monoisotopic (exact) mass is 362 g/mol. The molecule has 142 valence electrons. The van der Waals surface area contributed by atoms with Crippen LogP contribution in [0.25, 0.3) is 0 Å². The van der Waals surface area contributed by atoms with Gasteiger partial charge in [-0.25, -0.2) is 0 Å². The van der Waals surface area contributed by atoms with E-state index in [4.69, 9.17) is 18.6 Å². The van der Waals surface area contributed by atoms with Gasteiger partial charge >= 0.3 is 11.9 Å². The van der Waals surface area contributed by atoms with Crippen LogP contribution in [0.5, 0.6) is 0 Å². The summed E-state index contributed by atoms with van der Waals surface area (Å²) >= 11 is 0. The van der Waals surface area contributed by atoms with Crippen molar-refractivity contribution < 1.29 is 28.2 Å². The van der Waals surface area contributed by atoms with Gasteiger partial charge in [0.2, 0.25) is 5.41 Å². The van der Waals surface area contributed by atoms with E-state index in [1.54, 1.807) is 20.8 Å². The van der Waals surface area contributed by atoms with Crippen molar-refractivity contribution in [3.8, 4) is 0 Å². The Labute approximate surface area is 147 Å². The first-order valence-corrected chi connectivity index (χ1v) is 11.5. The third-order valence-electron chi connectivity index (χ3n) is 4.37. The maximum Gasteiger partial charge on any atom is 0.328 e. The molecule has 0 heterocycles. The second kappa shape index (κ2) is 9.53. The highest BCUT2D eigenvalue weighted by molar-refractivity contribution is 6.74. The van der Waals surface area contributed by atoms with Crippen LogP contribution in [0.2, 0.25) is 18.1 Å². The fourth-order valence-corrected chi connectivity index (χ4v) is 2.74. The zero-order valence-corrected chi connectivity index (χ0v) is 17.5. The molecule has 0 aliphatic rings. The molecule has 0 saturated heterocycles. The van der Waals surface area contributed by atoms with E-state index in [0.717, 1.165) is 0 Å². The molecule has 0 fully saturated rings. The van der Waals surface area contributed by atoms with Crippen molar-refractivity contribution in [1.82, 2.24) is 0 Å². The van der Waals surface area contributed by atoms with E-state index < -0.39 is 25.7 Å². The molecular formula is C17H34O6Si. The van der Waals surface area contributed by atoms with Crippen LogP contribution in [0.15, 0.2) is 0 Å². The lowest BCUT2D eigenvalue weighted by atomic mass is 9.90. The Morgan fingerprint density at radius 1 is 0.833 bits per heavy atom. The van der Waals surface area contributed by atoms with Gasteiger partial charge in [-0.1, -0.05) is 20.8 Å². The Hall–Kier alpha value is -0.923. The number of carbonyl (C=O) groups is 2. The number of ether oxygens (including phenoxy) is 3. The first kappa shape index (κ1) is 23.1. The predicted molar refractivity (Wildman–Crippen MR) is 95.3 cm³/mol. The van der Waals surface area contributed by atoms with Crippen molar-refractivity contribution in [2.75, 3.05) is 33.0 Å². The van der Waals surface area contributed by atoms with Crippen LogP contribution >= 0.6 is 0 Å². The molecular weight excluding hydrogens is 328 g/mol. The van der Waals surface area contributed by atoms with E-state index in [0.29, 0.717) is 6.61 Å². The van der Waals surface area contributed by atoms with Crippen LogP contribution in [0.1, 0.15) is 41.5 Å². The van der Waals surface area contributed by atoms with Crippen LogP contribution in [0.3, 0.4) is 0 Å². The van der Waals surface area contributed by atoms with Gasteiger partial charge in [0.05, 0.1) is 26.4 Å². The molecule has 0 saturated carbocycles. The van der Waals surface area contributed by atoms with Gasteiger partial charge in [0.25, 0.3) is 0 Å². The summed E-state index contributed by atoms with van der Waals surface area (Å²) < 4.78 is 21.8. The van der Waals surface area contributed by atoms with E-state index in [1.165, 1.54) is 0 Å². The van der Waals surface area contributed by atoms with Gasteiger partial charge in [-0.05, 0) is 38.9 Å². The molecule has 0 spiro atoms. The third kappa shape index (κ3) is 5.86. The van der Waals surface area contributed by atoms with Gasteiger partial charge in [0, 0.05) is 6.61 Å². The Balaban J connectivity index is 5.62. The van der Waals surface area contributed by atoms with Crippen LogP contribution in [0.4, 0.5) is 0 Å². The topological polar surface area (TPSA) is 71.1 Å². The summed E-state index contributed by atoms with van der Waals surface area (Å²) in [7, 11) is -2.16. The second-order valence-electron chi connectivity index (χ2n) is 7.21. The van der Waals surface area contributed by atoms with Crippen molar-refractivity contribution in [3.05, 3.63) is 0 Å². The minimum Gasteiger partial charge on any atom is -0.465 e. The highest BCUT2D eigenvalue weighted by Crippen LogP contribution is 2.38. The van der Waals surface area contributed by atoms with Crippen LogP contribution in [-0.4, -0.2) is 53.3 Å². The van der Waals surface area contributed by atoms with Crippen molar-refractivity contribution in [1.29, 1.82) is 0 Å². The summed E-state index contributed by atoms with van der Waals surface area (Å²) in [4.78, 5) is 25.2. The van der Waals surface area contributed by atoms with Crippen molar-refractivity contribution >= 4 is 20.3 Å². The molecule has 0 aromatic heterocycles. The molecule has 0 atom stereocenters. The summed E-state index contributed by atoms with van der Waals surface area (Å²) in [6.45, 7) is 16.1. The van der Waals surface area contributed by atoms with E-state index >= 15 is 0 Å². The summed E-state index contributed by atoms with van der Waals surface area (Å²) in [5, 5.41) is -0.0479. The molecule has 0 unspecified atom stereocenters. The molecule has 0 rings (SSSR count). The first-order valence-electron chi connectivity index (χ1n) is 8.54. The standard InChI is InChI=1S/C17H34O6Si/c1-9-20-12-17(14(18)21-10-2,15(19)22-11-3)13-23-24(7,8)16(4,5)6/h9-13H2,1-8H3. The van der Waals surface area contributed by atoms with Gasteiger partial charge in [-0.2, -0.15) is 0 Å². The highest BCUT2D eigenvalue weighted by Gasteiger charge is 2.52. The predicted octanol–water partition coefficient (Wildman–Crippen LogP) is 3.16. The molecule has 24 heavy (non-hydrogen) atoms. The Morgan fingerprint density at radius 3 is 1.62 bits per heavy atom. The van der Waals surface area contributed by atoms with Gasteiger partial charge in [0.1, 0.15) is 0 Å². The lowest BCUT2D eigenvalue weighted by Crippen LogP contribution is -2.53. The SMILES string of the molecule is CCOCC(CO[Si](C)(C)C(C)(C)C)(C(=O)OCC)C(=O)OCC. The van der Waals surface area contributed by atoms with Gasteiger partial charge in [-0.15, -0.1) is 0 Å². The number of rotatable bonds is 10. The quantitative estimate of drug-likeness (QED) is 0.338. The maximum atomic E-state index is 12.6. The lowest BCUT2D eigenvalue weighted by Gasteiger charge is -2.39. The van der Waals surface area contributed by atoms with Crippen LogP contribution in [-0.2, 0) is 28.2 Å². The minimum atomic E-state index is -2.16. The van der Waals surface area contributed by atoms with Gasteiger partial charge < -0.3 is 18.6 Å². The molecule has 0 aliphatic heterocycles. The molecule has 0 aliphatic carbocycles. The zero-order valence-electron chi connectivity index (χ0n) is 16.5. The average Bonchev–Trinajstić information content (AvgIpc) is 2.47. The van der Waals surface area contributed by atoms with E-state index in [1.807, 2.05) is 0 Å². The first-order chi connectivity index (χ1) is 11.0. The normalized spacial score (nSPS) is 12.8. The van der Waals surface area contributed by atoms with Crippen molar-refractivity contribution in [2.45, 2.75) is 59.7 Å². The van der Waals surface area contributed by atoms with E-state index in [2.05, 4.69) is 33.9 Å². The fraction of sp³-hybridized carbons (Fsp3) is 0.882. The molecule has 0 amide bonds. The summed E-state index contributed by atoms with van der Waals surface area (Å²) in [6, 6.07) is 0. The Morgan fingerprint density at radius 2 is 1.29 bits per heavy atom. The minimum absolute atomic E-state index is 0.0479. The molecule has 7 heteroatoms. The highest BCUT2D eigenvalue weighted by atomic mass is 28.4. The van der Waals surface area contributed by atoms with Gasteiger partial charge in [-0.3, -0.25) is 9.59 Å². The fourth-order valence-electron chi connectivity index (χ4n) is 1.70. The molecule has 0 radical (unpaired) electrons. The lowest BCUT2D eigenvalue weighted by molar-refractivity contribution is -0.180. The summed E-state index contributed by atoms with van der Waals surface area (Å²) in [5.74, 6) is -1.31. The average molecular weight is 363 g/mol. The molecule has 0 N–H and O–H groups in total.